The van der Waals surface area contributed by atoms with E-state index in [9.17, 15) is 9.59 Å². The van der Waals surface area contributed by atoms with Crippen LogP contribution in [0.2, 0.25) is 0 Å². The predicted molar refractivity (Wildman–Crippen MR) is 108 cm³/mol. The Balaban J connectivity index is -0.000000327. The Morgan fingerprint density at radius 1 is 0.556 bits per heavy atom. The summed E-state index contributed by atoms with van der Waals surface area (Å²) in [5.74, 6) is 0. The van der Waals surface area contributed by atoms with Gasteiger partial charge >= 0.3 is 91.6 Å². The zero-order chi connectivity index (χ0) is 21.8. The van der Waals surface area contributed by atoms with Gasteiger partial charge in [-0.2, -0.15) is 0 Å². The van der Waals surface area contributed by atoms with Crippen LogP contribution >= 0.6 is 0 Å². The first-order chi connectivity index (χ1) is 12.7. The minimum absolute atomic E-state index is 0.575. The van der Waals surface area contributed by atoms with E-state index >= 15 is 0 Å². The summed E-state index contributed by atoms with van der Waals surface area (Å²) in [6.45, 7) is 23.2. The molecule has 0 aromatic heterocycles. The molecule has 0 rings (SSSR count). The third-order valence-electron chi connectivity index (χ3n) is 3.54. The molecule has 0 bridgehead atoms. The van der Waals surface area contributed by atoms with Crippen molar-refractivity contribution in [1.82, 2.24) is 16.9 Å². The molecule has 0 aliphatic heterocycles. The summed E-state index contributed by atoms with van der Waals surface area (Å²) in [6, 6.07) is 0. The van der Waals surface area contributed by atoms with Gasteiger partial charge in [0.15, 0.2) is 0 Å². The molecule has 0 aliphatic rings. The molecule has 0 aliphatic carbocycles. The number of rotatable bonds is 10. The molecule has 168 valence electrons. The summed E-state index contributed by atoms with van der Waals surface area (Å²) in [4.78, 5) is 22.8. The van der Waals surface area contributed by atoms with E-state index < -0.39 is 12.2 Å². The van der Waals surface area contributed by atoms with Gasteiger partial charge < -0.3 is 20.0 Å². The SMILES string of the molecule is CCN(CC)C(=O)O.CCN(CC)C(=O)O.CC[N](CC)[Pd][N](CC)CC. The fourth-order valence-electron chi connectivity index (χ4n) is 1.74. The Kier molecular flexibility index (Phi) is 24.5. The monoisotopic (exact) mass is 484 g/mol. The normalized spacial score (nSPS) is 10.0. The van der Waals surface area contributed by atoms with Crippen molar-refractivity contribution in [1.29, 1.82) is 0 Å². The molecular formula is C18H42N4O4Pd. The van der Waals surface area contributed by atoms with E-state index in [1.807, 2.05) is 27.7 Å². The Morgan fingerprint density at radius 2 is 0.778 bits per heavy atom. The number of hydrogen-bond acceptors (Lipinski definition) is 4. The van der Waals surface area contributed by atoms with Crippen LogP contribution in [0.1, 0.15) is 55.4 Å². The number of carbonyl (C=O) groups is 2. The Hall–Kier alpha value is -0.878. The maximum absolute atomic E-state index is 10.1. The second-order valence-corrected chi connectivity index (χ2v) is 7.36. The Labute approximate surface area is 175 Å². The molecule has 8 nitrogen and oxygen atoms in total. The van der Waals surface area contributed by atoms with E-state index in [1.54, 1.807) is 0 Å². The van der Waals surface area contributed by atoms with Gasteiger partial charge in [-0.05, 0) is 27.7 Å². The first kappa shape index (κ1) is 30.8. The van der Waals surface area contributed by atoms with Crippen LogP contribution in [0.15, 0.2) is 0 Å². The molecule has 2 N–H and O–H groups in total. The van der Waals surface area contributed by atoms with E-state index in [2.05, 4.69) is 34.8 Å². The summed E-state index contributed by atoms with van der Waals surface area (Å²) in [5.41, 5.74) is 0. The number of hydrogen-bond donors (Lipinski definition) is 2. The van der Waals surface area contributed by atoms with Crippen molar-refractivity contribution in [2.75, 3.05) is 52.4 Å². The van der Waals surface area contributed by atoms with E-state index in [0.717, 1.165) is 0 Å². The average molecular weight is 485 g/mol. The fourth-order valence-corrected chi connectivity index (χ4v) is 3.24. The van der Waals surface area contributed by atoms with Crippen molar-refractivity contribution in [2.24, 2.45) is 0 Å². The van der Waals surface area contributed by atoms with Crippen LogP contribution in [0.3, 0.4) is 0 Å². The van der Waals surface area contributed by atoms with Crippen LogP contribution in [0.5, 0.6) is 0 Å². The molecule has 9 heteroatoms. The standard InChI is InChI=1S/2C5H11NO2.2C4H10N.Pd/c2*1-3-6(4-2)5(7)8;2*1-3-5-4-2;/h2*3-4H2,1-2H3,(H,7,8);2*3-4H2,1-2H3;/q;;2*-1;+2. The van der Waals surface area contributed by atoms with Crippen LogP contribution in [-0.2, 0) is 18.5 Å². The summed E-state index contributed by atoms with van der Waals surface area (Å²) < 4.78 is 4.97. The van der Waals surface area contributed by atoms with Gasteiger partial charge in [-0.15, -0.1) is 0 Å². The van der Waals surface area contributed by atoms with Crippen molar-refractivity contribution in [3.05, 3.63) is 0 Å². The van der Waals surface area contributed by atoms with Crippen molar-refractivity contribution >= 4 is 12.2 Å². The van der Waals surface area contributed by atoms with Gasteiger partial charge in [-0.25, -0.2) is 9.59 Å². The third-order valence-corrected chi connectivity index (χ3v) is 6.39. The van der Waals surface area contributed by atoms with E-state index in [4.69, 9.17) is 10.2 Å². The number of amides is 2. The molecule has 0 fully saturated rings. The van der Waals surface area contributed by atoms with E-state index in [1.165, 1.54) is 36.0 Å². The molecule has 0 saturated carbocycles. The first-order valence-electron chi connectivity index (χ1n) is 9.77. The van der Waals surface area contributed by atoms with E-state index in [0.29, 0.717) is 44.7 Å². The van der Waals surface area contributed by atoms with Gasteiger partial charge in [0.1, 0.15) is 0 Å². The van der Waals surface area contributed by atoms with Gasteiger partial charge in [-0.3, -0.25) is 0 Å². The molecule has 2 amide bonds. The zero-order valence-electron chi connectivity index (χ0n) is 18.5. The first-order valence-corrected chi connectivity index (χ1v) is 11.2. The molecule has 0 spiro atoms. The number of carboxylic acid groups (broad SMARTS) is 2. The minimum atomic E-state index is -0.838. The third kappa shape index (κ3) is 18.3. The second-order valence-electron chi connectivity index (χ2n) is 5.09. The van der Waals surface area contributed by atoms with Gasteiger partial charge in [0, 0.05) is 26.2 Å². The van der Waals surface area contributed by atoms with Gasteiger partial charge in [0.25, 0.3) is 0 Å². The van der Waals surface area contributed by atoms with Crippen molar-refractivity contribution in [3.63, 3.8) is 0 Å². The van der Waals surface area contributed by atoms with Gasteiger partial charge in [0.2, 0.25) is 0 Å². The quantitative estimate of drug-likeness (QED) is 0.461. The Bertz CT molecular complexity index is 314. The molecule has 0 saturated heterocycles. The van der Waals surface area contributed by atoms with Crippen LogP contribution < -0.4 is 0 Å². The van der Waals surface area contributed by atoms with Crippen LogP contribution in [-0.4, -0.2) is 91.6 Å². The van der Waals surface area contributed by atoms with Crippen molar-refractivity contribution in [3.8, 4) is 0 Å². The Morgan fingerprint density at radius 3 is 0.852 bits per heavy atom. The second kappa shape index (κ2) is 21.4. The maximum atomic E-state index is 10.1. The average Bonchev–Trinajstić information content (AvgIpc) is 2.65. The fraction of sp³-hybridized carbons (Fsp3) is 0.889. The topological polar surface area (TPSA) is 87.6 Å². The summed E-state index contributed by atoms with van der Waals surface area (Å²) in [5, 5.41) is 16.6. The van der Waals surface area contributed by atoms with Crippen LogP contribution in [0, 0.1) is 0 Å². The molecule has 0 atom stereocenters. The zero-order valence-corrected chi connectivity index (χ0v) is 20.0. The molecular weight excluding hydrogens is 443 g/mol. The number of nitrogens with zero attached hydrogens (tertiary/aromatic N) is 4. The molecule has 0 aromatic rings. The van der Waals surface area contributed by atoms with Gasteiger partial charge in [0.05, 0.1) is 0 Å². The molecule has 27 heavy (non-hydrogen) atoms. The van der Waals surface area contributed by atoms with E-state index in [-0.39, 0.29) is 0 Å². The molecule has 0 radical (unpaired) electrons. The summed E-state index contributed by atoms with van der Waals surface area (Å²) in [7, 11) is 0. The molecule has 0 heterocycles. The van der Waals surface area contributed by atoms with Gasteiger partial charge in [-0.1, -0.05) is 0 Å². The van der Waals surface area contributed by atoms with Crippen molar-refractivity contribution < 1.29 is 38.3 Å². The summed E-state index contributed by atoms with van der Waals surface area (Å²) in [6.07, 6.45) is -1.68. The van der Waals surface area contributed by atoms with Crippen LogP contribution in [0.25, 0.3) is 0 Å². The predicted octanol–water partition coefficient (Wildman–Crippen LogP) is 3.59. The van der Waals surface area contributed by atoms with Crippen molar-refractivity contribution in [2.45, 2.75) is 55.4 Å². The molecule has 0 unspecified atom stereocenters. The van der Waals surface area contributed by atoms with Crippen LogP contribution in [0.4, 0.5) is 9.59 Å². The summed E-state index contributed by atoms with van der Waals surface area (Å²) >= 11 is 0.686. The molecule has 0 aromatic carbocycles.